The molecule has 0 aliphatic heterocycles. The molecule has 1 rings (SSSR count). The summed E-state index contributed by atoms with van der Waals surface area (Å²) >= 11 is 5.69. The Morgan fingerprint density at radius 3 is 2.89 bits per heavy atom. The molecule has 0 unspecified atom stereocenters. The standard InChI is InChI=1S/C10H18N4O2S2/c1-5-16-9(15)12-7-13-14(4)8(18-7)11-6-10(2,3)17/h17H,5-6H2,1-4H3,(H,12,13,15). The molecule has 0 spiro atoms. The van der Waals surface area contributed by atoms with Crippen LogP contribution in [0.1, 0.15) is 20.8 Å². The molecule has 0 bridgehead atoms. The lowest BCUT2D eigenvalue weighted by Crippen LogP contribution is -2.20. The maximum absolute atomic E-state index is 11.2. The highest BCUT2D eigenvalue weighted by Gasteiger charge is 2.11. The lowest BCUT2D eigenvalue weighted by molar-refractivity contribution is 0.168. The Hall–Kier alpha value is -1.02. The van der Waals surface area contributed by atoms with Crippen LogP contribution in [0.5, 0.6) is 0 Å². The van der Waals surface area contributed by atoms with Crippen molar-refractivity contribution in [2.75, 3.05) is 18.5 Å². The van der Waals surface area contributed by atoms with Crippen LogP contribution < -0.4 is 10.1 Å². The maximum Gasteiger partial charge on any atom is 0.413 e. The van der Waals surface area contributed by atoms with Crippen molar-refractivity contribution < 1.29 is 9.53 Å². The number of ether oxygens (including phenoxy) is 1. The van der Waals surface area contributed by atoms with E-state index in [2.05, 4.69) is 28.0 Å². The number of aryl methyl sites for hydroxylation is 1. The molecule has 1 amide bonds. The number of thiol groups is 1. The van der Waals surface area contributed by atoms with E-state index in [1.165, 1.54) is 11.3 Å². The zero-order valence-corrected chi connectivity index (χ0v) is 12.6. The molecular formula is C10H18N4O2S2. The van der Waals surface area contributed by atoms with Gasteiger partial charge in [0.05, 0.1) is 13.2 Å². The highest BCUT2D eigenvalue weighted by molar-refractivity contribution is 7.81. The number of anilines is 1. The summed E-state index contributed by atoms with van der Waals surface area (Å²) in [6.07, 6.45) is -0.507. The predicted molar refractivity (Wildman–Crippen MR) is 75.2 cm³/mol. The number of rotatable bonds is 4. The summed E-state index contributed by atoms with van der Waals surface area (Å²) in [5.41, 5.74) is 0. The monoisotopic (exact) mass is 290 g/mol. The fraction of sp³-hybridized carbons (Fsp3) is 0.700. The first-order valence-electron chi connectivity index (χ1n) is 5.52. The van der Waals surface area contributed by atoms with Crippen molar-refractivity contribution >= 4 is 35.2 Å². The van der Waals surface area contributed by atoms with Crippen LogP contribution >= 0.6 is 24.0 Å². The summed E-state index contributed by atoms with van der Waals surface area (Å²) in [6.45, 7) is 6.62. The van der Waals surface area contributed by atoms with Crippen LogP contribution in [0.4, 0.5) is 9.93 Å². The SMILES string of the molecule is CCOC(=O)Nc1nn(C)c(=NCC(C)(C)S)s1. The van der Waals surface area contributed by atoms with Crippen molar-refractivity contribution in [2.24, 2.45) is 12.0 Å². The van der Waals surface area contributed by atoms with Crippen LogP contribution in [-0.4, -0.2) is 33.8 Å². The molecular weight excluding hydrogens is 272 g/mol. The predicted octanol–water partition coefficient (Wildman–Crippen LogP) is 1.66. The molecule has 102 valence electrons. The molecule has 8 heteroatoms. The number of carbonyl (C=O) groups excluding carboxylic acids is 1. The summed E-state index contributed by atoms with van der Waals surface area (Å²) in [5.74, 6) is 0. The lowest BCUT2D eigenvalue weighted by atomic mass is 10.2. The van der Waals surface area contributed by atoms with Crippen molar-refractivity contribution in [3.05, 3.63) is 4.80 Å². The van der Waals surface area contributed by atoms with E-state index in [4.69, 9.17) is 4.74 Å². The van der Waals surface area contributed by atoms with Crippen LogP contribution in [0.3, 0.4) is 0 Å². The van der Waals surface area contributed by atoms with Gasteiger partial charge in [-0.1, -0.05) is 11.3 Å². The van der Waals surface area contributed by atoms with Gasteiger partial charge < -0.3 is 4.74 Å². The maximum atomic E-state index is 11.2. The average molecular weight is 290 g/mol. The van der Waals surface area contributed by atoms with Crippen molar-refractivity contribution in [3.63, 3.8) is 0 Å². The quantitative estimate of drug-likeness (QED) is 0.829. The molecule has 0 aliphatic rings. The van der Waals surface area contributed by atoms with Crippen LogP contribution in [0.2, 0.25) is 0 Å². The fourth-order valence-electron chi connectivity index (χ4n) is 1.05. The fourth-order valence-corrected chi connectivity index (χ4v) is 1.90. The number of hydrogen-bond acceptors (Lipinski definition) is 6. The van der Waals surface area contributed by atoms with Crippen molar-refractivity contribution in [3.8, 4) is 0 Å². The molecule has 0 atom stereocenters. The van der Waals surface area contributed by atoms with Gasteiger partial charge >= 0.3 is 6.09 Å². The van der Waals surface area contributed by atoms with E-state index < -0.39 is 6.09 Å². The Balaban J connectivity index is 2.79. The molecule has 0 radical (unpaired) electrons. The second-order valence-electron chi connectivity index (χ2n) is 4.29. The zero-order valence-electron chi connectivity index (χ0n) is 10.9. The number of nitrogens with zero attached hydrogens (tertiary/aromatic N) is 3. The summed E-state index contributed by atoms with van der Waals surface area (Å²) in [4.78, 5) is 16.4. The van der Waals surface area contributed by atoms with Gasteiger partial charge in [-0.05, 0) is 20.8 Å². The van der Waals surface area contributed by atoms with E-state index in [0.29, 0.717) is 18.3 Å². The molecule has 0 saturated heterocycles. The Bertz CT molecular complexity index is 473. The Morgan fingerprint density at radius 2 is 2.33 bits per heavy atom. The van der Waals surface area contributed by atoms with Crippen molar-refractivity contribution in [1.82, 2.24) is 9.78 Å². The van der Waals surface area contributed by atoms with Crippen LogP contribution in [0, 0.1) is 0 Å². The van der Waals surface area contributed by atoms with Crippen LogP contribution in [0.25, 0.3) is 0 Å². The minimum atomic E-state index is -0.507. The average Bonchev–Trinajstić information content (AvgIpc) is 2.55. The van der Waals surface area contributed by atoms with E-state index in [9.17, 15) is 4.79 Å². The molecule has 0 aromatic carbocycles. The molecule has 0 fully saturated rings. The van der Waals surface area contributed by atoms with Gasteiger partial charge in [-0.2, -0.15) is 12.6 Å². The van der Waals surface area contributed by atoms with Gasteiger partial charge in [0, 0.05) is 11.8 Å². The largest absolute Gasteiger partial charge is 0.450 e. The first-order chi connectivity index (χ1) is 8.31. The summed E-state index contributed by atoms with van der Waals surface area (Å²) < 4.78 is 6.22. The third-order valence-electron chi connectivity index (χ3n) is 1.79. The number of aromatic nitrogens is 2. The summed E-state index contributed by atoms with van der Waals surface area (Å²) in [7, 11) is 1.77. The zero-order chi connectivity index (χ0) is 13.8. The summed E-state index contributed by atoms with van der Waals surface area (Å²) in [6, 6.07) is 0. The molecule has 0 aliphatic carbocycles. The topological polar surface area (TPSA) is 68.5 Å². The molecule has 6 nitrogen and oxygen atoms in total. The van der Waals surface area contributed by atoms with E-state index in [1.807, 2.05) is 13.8 Å². The van der Waals surface area contributed by atoms with Crippen molar-refractivity contribution in [2.45, 2.75) is 25.5 Å². The molecule has 1 heterocycles. The normalized spacial score (nSPS) is 12.6. The Labute approximate surface area is 115 Å². The minimum Gasteiger partial charge on any atom is -0.450 e. The van der Waals surface area contributed by atoms with E-state index in [-0.39, 0.29) is 4.75 Å². The van der Waals surface area contributed by atoms with E-state index >= 15 is 0 Å². The van der Waals surface area contributed by atoms with E-state index in [1.54, 1.807) is 18.7 Å². The first-order valence-corrected chi connectivity index (χ1v) is 6.79. The van der Waals surface area contributed by atoms with Gasteiger partial charge in [0.2, 0.25) is 9.93 Å². The third-order valence-corrected chi connectivity index (χ3v) is 2.89. The molecule has 1 N–H and O–H groups in total. The van der Waals surface area contributed by atoms with Crippen LogP contribution in [-0.2, 0) is 11.8 Å². The first kappa shape index (κ1) is 15.0. The second kappa shape index (κ2) is 6.24. The van der Waals surface area contributed by atoms with Gasteiger partial charge in [-0.15, -0.1) is 5.10 Å². The Kier molecular flexibility index (Phi) is 5.21. The summed E-state index contributed by atoms with van der Waals surface area (Å²) in [5, 5.41) is 7.15. The van der Waals surface area contributed by atoms with Gasteiger partial charge in [-0.25, -0.2) is 9.48 Å². The second-order valence-corrected chi connectivity index (χ2v) is 6.45. The van der Waals surface area contributed by atoms with Gasteiger partial charge in [0.15, 0.2) is 0 Å². The highest BCUT2D eigenvalue weighted by Crippen LogP contribution is 2.12. The molecule has 1 aromatic rings. The highest BCUT2D eigenvalue weighted by atomic mass is 32.1. The van der Waals surface area contributed by atoms with Gasteiger partial charge in [0.25, 0.3) is 0 Å². The number of amides is 1. The third kappa shape index (κ3) is 5.09. The van der Waals surface area contributed by atoms with Crippen molar-refractivity contribution in [1.29, 1.82) is 0 Å². The number of carbonyl (C=O) groups is 1. The minimum absolute atomic E-state index is 0.175. The van der Waals surface area contributed by atoms with Gasteiger partial charge in [0.1, 0.15) is 0 Å². The number of hydrogen-bond donors (Lipinski definition) is 2. The number of nitrogens with one attached hydrogen (secondary N) is 1. The van der Waals surface area contributed by atoms with Crippen LogP contribution in [0.15, 0.2) is 4.99 Å². The molecule has 0 saturated carbocycles. The van der Waals surface area contributed by atoms with E-state index in [0.717, 1.165) is 4.80 Å². The van der Waals surface area contributed by atoms with Gasteiger partial charge in [-0.3, -0.25) is 10.3 Å². The lowest BCUT2D eigenvalue weighted by Gasteiger charge is -2.12. The Morgan fingerprint density at radius 1 is 1.67 bits per heavy atom. The molecule has 18 heavy (non-hydrogen) atoms. The molecule has 1 aromatic heterocycles. The smallest absolute Gasteiger partial charge is 0.413 e.